The van der Waals surface area contributed by atoms with Crippen molar-refractivity contribution in [2.45, 2.75) is 24.9 Å². The third kappa shape index (κ3) is 3.25. The summed E-state index contributed by atoms with van der Waals surface area (Å²) in [4.78, 5) is 0. The molecular weight excluding hydrogens is 290 g/mol. The molecule has 3 nitrogen and oxygen atoms in total. The molecule has 0 saturated carbocycles. The van der Waals surface area contributed by atoms with Crippen molar-refractivity contribution in [3.8, 4) is 5.75 Å². The van der Waals surface area contributed by atoms with Crippen LogP contribution in [0, 0.1) is 5.82 Å². The summed E-state index contributed by atoms with van der Waals surface area (Å²) in [6, 6.07) is 5.02. The summed E-state index contributed by atoms with van der Waals surface area (Å²) in [7, 11) is 0. The molecule has 1 fully saturated rings. The average molecular weight is 309 g/mol. The van der Waals surface area contributed by atoms with Gasteiger partial charge in [-0.3, -0.25) is 0 Å². The number of anilines is 1. The number of ether oxygens (including phenoxy) is 1. The highest BCUT2D eigenvalue weighted by molar-refractivity contribution is 5.85. The second kappa shape index (κ2) is 6.64. The predicted octanol–water partition coefficient (Wildman–Crippen LogP) is 2.99. The molecule has 0 atom stereocenters. The Bertz CT molecular complexity index is 425. The highest BCUT2D eigenvalue weighted by Gasteiger charge is 2.36. The lowest BCUT2D eigenvalue weighted by molar-refractivity contribution is 0.0354. The van der Waals surface area contributed by atoms with E-state index < -0.39 is 0 Å². The summed E-state index contributed by atoms with van der Waals surface area (Å²) in [5, 5.41) is 6.48. The van der Waals surface area contributed by atoms with Gasteiger partial charge in [0.15, 0.2) is 0 Å². The number of hydrogen-bond donors (Lipinski definition) is 2. The summed E-state index contributed by atoms with van der Waals surface area (Å²) < 4.78 is 19.8. The summed E-state index contributed by atoms with van der Waals surface area (Å²) in [5.41, 5.74) is 0.403. The van der Waals surface area contributed by atoms with E-state index in [4.69, 9.17) is 4.74 Å². The van der Waals surface area contributed by atoms with Gasteiger partial charge in [0.2, 0.25) is 0 Å². The molecule has 0 aliphatic carbocycles. The van der Waals surface area contributed by atoms with Crippen molar-refractivity contribution in [3.05, 3.63) is 24.0 Å². The fraction of sp³-hybridized carbons (Fsp3) is 0.538. The molecule has 2 N–H and O–H groups in total. The summed E-state index contributed by atoms with van der Waals surface area (Å²) in [6.07, 6.45) is 2.91. The minimum absolute atomic E-state index is 0. The number of para-hydroxylation sites is 1. The molecule has 2 aliphatic heterocycles. The number of piperidine rings is 1. The van der Waals surface area contributed by atoms with Gasteiger partial charge in [0.1, 0.15) is 22.9 Å². The van der Waals surface area contributed by atoms with Crippen LogP contribution in [0.2, 0.25) is 0 Å². The molecule has 0 unspecified atom stereocenters. The van der Waals surface area contributed by atoms with Gasteiger partial charge >= 0.3 is 0 Å². The predicted molar refractivity (Wildman–Crippen MR) is 79.5 cm³/mol. The van der Waals surface area contributed by atoms with E-state index >= 15 is 0 Å². The molecule has 3 rings (SSSR count). The van der Waals surface area contributed by atoms with Crippen LogP contribution in [-0.2, 0) is 0 Å². The summed E-state index contributed by atoms with van der Waals surface area (Å²) in [5.74, 6) is 0.429. The minimum Gasteiger partial charge on any atom is -0.485 e. The quantitative estimate of drug-likeness (QED) is 0.773. The van der Waals surface area contributed by atoms with E-state index in [0.29, 0.717) is 11.4 Å². The Kier molecular flexibility index (Phi) is 5.71. The molecule has 1 aromatic carbocycles. The molecule has 0 aromatic heterocycles. The maximum atomic E-state index is 13.7. The third-order valence-corrected chi connectivity index (χ3v) is 3.70. The molecule has 1 spiro atoms. The summed E-state index contributed by atoms with van der Waals surface area (Å²) >= 11 is 0. The zero-order valence-electron chi connectivity index (χ0n) is 10.6. The lowest BCUT2D eigenvalue weighted by Crippen LogP contribution is -2.46. The van der Waals surface area contributed by atoms with E-state index in [9.17, 15) is 4.39 Å². The normalized spacial score (nSPS) is 19.8. The molecule has 0 bridgehead atoms. The first-order valence-corrected chi connectivity index (χ1v) is 6.21. The van der Waals surface area contributed by atoms with E-state index in [-0.39, 0.29) is 36.2 Å². The van der Waals surface area contributed by atoms with Crippen LogP contribution in [-0.4, -0.2) is 25.2 Å². The molecule has 19 heavy (non-hydrogen) atoms. The first-order chi connectivity index (χ1) is 8.29. The van der Waals surface area contributed by atoms with E-state index in [1.54, 1.807) is 6.07 Å². The Morgan fingerprint density at radius 3 is 2.47 bits per heavy atom. The van der Waals surface area contributed by atoms with Gasteiger partial charge in [0.05, 0.1) is 0 Å². The molecule has 6 heteroatoms. The fourth-order valence-electron chi connectivity index (χ4n) is 2.70. The van der Waals surface area contributed by atoms with Crippen LogP contribution >= 0.6 is 24.8 Å². The molecule has 0 radical (unpaired) electrons. The number of fused-ring (bicyclic) bond motifs is 1. The van der Waals surface area contributed by atoms with Gasteiger partial charge in [0, 0.05) is 13.0 Å². The van der Waals surface area contributed by atoms with E-state index in [2.05, 4.69) is 10.6 Å². The van der Waals surface area contributed by atoms with Crippen LogP contribution < -0.4 is 15.4 Å². The molecule has 1 aromatic rings. The SMILES string of the molecule is Cl.Cl.Fc1cccc2c1NCCC1(CCNCC1)O2. The highest BCUT2D eigenvalue weighted by Crippen LogP contribution is 2.37. The zero-order valence-corrected chi connectivity index (χ0v) is 12.2. The second-order valence-corrected chi connectivity index (χ2v) is 4.82. The average Bonchev–Trinajstić information content (AvgIpc) is 2.51. The van der Waals surface area contributed by atoms with Crippen molar-refractivity contribution in [2.75, 3.05) is 25.0 Å². The maximum Gasteiger partial charge on any atom is 0.150 e. The van der Waals surface area contributed by atoms with Crippen LogP contribution in [0.25, 0.3) is 0 Å². The number of benzene rings is 1. The number of halogens is 3. The standard InChI is InChI=1S/C13H17FN2O.2ClH/c14-10-2-1-3-11-12(10)16-9-6-13(17-11)4-7-15-8-5-13;;/h1-3,15-16H,4-9H2;2*1H. The topological polar surface area (TPSA) is 33.3 Å². The van der Waals surface area contributed by atoms with E-state index in [1.165, 1.54) is 6.07 Å². The van der Waals surface area contributed by atoms with Crippen LogP contribution in [0.5, 0.6) is 5.75 Å². The van der Waals surface area contributed by atoms with Gasteiger partial charge in [-0.25, -0.2) is 4.39 Å². The Labute approximate surface area is 125 Å². The molecule has 108 valence electrons. The second-order valence-electron chi connectivity index (χ2n) is 4.82. The largest absolute Gasteiger partial charge is 0.485 e. The van der Waals surface area contributed by atoms with Gasteiger partial charge in [-0.2, -0.15) is 0 Å². The van der Waals surface area contributed by atoms with E-state index in [0.717, 1.165) is 38.9 Å². The van der Waals surface area contributed by atoms with Gasteiger partial charge in [-0.05, 0) is 38.1 Å². The van der Waals surface area contributed by atoms with Crippen molar-refractivity contribution >= 4 is 30.5 Å². The zero-order chi connectivity index (χ0) is 11.7. The van der Waals surface area contributed by atoms with E-state index in [1.807, 2.05) is 6.07 Å². The third-order valence-electron chi connectivity index (χ3n) is 3.70. The van der Waals surface area contributed by atoms with Crippen molar-refractivity contribution < 1.29 is 9.13 Å². The lowest BCUT2D eigenvalue weighted by atomic mass is 9.89. The number of hydrogen-bond acceptors (Lipinski definition) is 3. The van der Waals surface area contributed by atoms with Crippen molar-refractivity contribution in [1.82, 2.24) is 5.32 Å². The van der Waals surface area contributed by atoms with Crippen LogP contribution in [0.4, 0.5) is 10.1 Å². The number of rotatable bonds is 0. The fourth-order valence-corrected chi connectivity index (χ4v) is 2.70. The summed E-state index contributed by atoms with van der Waals surface area (Å²) in [6.45, 7) is 2.73. The van der Waals surface area contributed by atoms with Gasteiger partial charge in [-0.15, -0.1) is 24.8 Å². The highest BCUT2D eigenvalue weighted by atomic mass is 35.5. The number of nitrogens with one attached hydrogen (secondary N) is 2. The maximum absolute atomic E-state index is 13.7. The lowest BCUT2D eigenvalue weighted by Gasteiger charge is -2.36. The first kappa shape index (κ1) is 16.3. The Morgan fingerprint density at radius 2 is 1.74 bits per heavy atom. The molecule has 1 saturated heterocycles. The van der Waals surface area contributed by atoms with Gasteiger partial charge < -0.3 is 15.4 Å². The Hall–Kier alpha value is -0.710. The van der Waals surface area contributed by atoms with Crippen LogP contribution in [0.15, 0.2) is 18.2 Å². The molecule has 0 amide bonds. The molecule has 2 aliphatic rings. The van der Waals surface area contributed by atoms with Crippen LogP contribution in [0.1, 0.15) is 19.3 Å². The van der Waals surface area contributed by atoms with Crippen molar-refractivity contribution in [1.29, 1.82) is 0 Å². The van der Waals surface area contributed by atoms with Crippen LogP contribution in [0.3, 0.4) is 0 Å². The monoisotopic (exact) mass is 308 g/mol. The Morgan fingerprint density at radius 1 is 1.05 bits per heavy atom. The van der Waals surface area contributed by atoms with Gasteiger partial charge in [-0.1, -0.05) is 6.07 Å². The molecular formula is C13H19Cl2FN2O. The van der Waals surface area contributed by atoms with Crippen molar-refractivity contribution in [2.24, 2.45) is 0 Å². The van der Waals surface area contributed by atoms with Gasteiger partial charge in [0.25, 0.3) is 0 Å². The Balaban J connectivity index is 0.000000902. The minimum atomic E-state index is -0.228. The first-order valence-electron chi connectivity index (χ1n) is 6.21. The smallest absolute Gasteiger partial charge is 0.150 e. The molecule has 2 heterocycles. The van der Waals surface area contributed by atoms with Crippen molar-refractivity contribution in [3.63, 3.8) is 0 Å².